The number of nitrogens with one attached hydrogen (secondary N) is 2. The monoisotopic (exact) mass is 285 g/mol. The highest BCUT2D eigenvalue weighted by Gasteiger charge is 2.07. The van der Waals surface area contributed by atoms with Crippen LogP contribution >= 0.6 is 0 Å². The van der Waals surface area contributed by atoms with Gasteiger partial charge < -0.3 is 15.2 Å². The predicted octanol–water partition coefficient (Wildman–Crippen LogP) is 3.18. The maximum absolute atomic E-state index is 11.9. The Morgan fingerprint density at radius 1 is 1.24 bits per heavy atom. The third-order valence-electron chi connectivity index (χ3n) is 3.56. The van der Waals surface area contributed by atoms with E-state index >= 15 is 0 Å². The van der Waals surface area contributed by atoms with Crippen molar-refractivity contribution in [1.82, 2.24) is 9.88 Å². The minimum Gasteiger partial charge on any atom is -0.379 e. The number of aryl methyl sites for hydroxylation is 2. The second-order valence-corrected chi connectivity index (χ2v) is 5.03. The van der Waals surface area contributed by atoms with E-state index in [1.807, 2.05) is 32.0 Å². The van der Waals surface area contributed by atoms with Crippen molar-refractivity contribution in [2.24, 2.45) is 0 Å². The molecule has 1 aromatic carbocycles. The van der Waals surface area contributed by atoms with Crippen LogP contribution in [-0.4, -0.2) is 17.0 Å². The van der Waals surface area contributed by atoms with E-state index in [2.05, 4.69) is 40.5 Å². The number of hydrogen-bond acceptors (Lipinski definition) is 2. The highest BCUT2D eigenvalue weighted by molar-refractivity contribution is 5.95. The van der Waals surface area contributed by atoms with Crippen LogP contribution < -0.4 is 10.6 Å². The zero-order chi connectivity index (χ0) is 15.2. The number of anilines is 1. The summed E-state index contributed by atoms with van der Waals surface area (Å²) in [7, 11) is 0. The number of hydrogen-bond donors (Lipinski definition) is 2. The lowest BCUT2D eigenvalue weighted by Crippen LogP contribution is -2.22. The third kappa shape index (κ3) is 3.66. The molecule has 2 N–H and O–H groups in total. The summed E-state index contributed by atoms with van der Waals surface area (Å²) in [6, 6.07) is 9.92. The Hall–Kier alpha value is -2.23. The lowest BCUT2D eigenvalue weighted by molar-refractivity contribution is 0.0956. The Morgan fingerprint density at radius 3 is 2.76 bits per heavy atom. The average molecular weight is 285 g/mol. The van der Waals surface area contributed by atoms with Crippen molar-refractivity contribution in [2.75, 3.05) is 11.9 Å². The Balaban J connectivity index is 2.12. The fourth-order valence-electron chi connectivity index (χ4n) is 2.32. The highest BCUT2D eigenvalue weighted by Crippen LogP contribution is 2.18. The predicted molar refractivity (Wildman–Crippen MR) is 86.6 cm³/mol. The van der Waals surface area contributed by atoms with Gasteiger partial charge in [0.15, 0.2) is 0 Å². The van der Waals surface area contributed by atoms with Crippen LogP contribution in [-0.2, 0) is 13.1 Å². The summed E-state index contributed by atoms with van der Waals surface area (Å²) in [4.78, 5) is 11.9. The van der Waals surface area contributed by atoms with Gasteiger partial charge in [0.25, 0.3) is 5.91 Å². The number of carbonyl (C=O) groups excluding carboxylic acids is 1. The van der Waals surface area contributed by atoms with Crippen LogP contribution in [0.1, 0.15) is 35.5 Å². The lowest BCUT2D eigenvalue weighted by Gasteiger charge is -2.13. The standard InChI is InChI=1S/C17H23N3O/c1-4-18-17(21)14-9-8-13(3)16(11-14)19-12-15-7-6-10-20(15)5-2/h6-11,19H,4-5,12H2,1-3H3,(H,18,21). The molecule has 0 saturated carbocycles. The summed E-state index contributed by atoms with van der Waals surface area (Å²) in [6.07, 6.45) is 2.08. The molecule has 112 valence electrons. The number of nitrogens with zero attached hydrogens (tertiary/aromatic N) is 1. The molecule has 0 aliphatic carbocycles. The molecule has 1 heterocycles. The van der Waals surface area contributed by atoms with Crippen molar-refractivity contribution in [2.45, 2.75) is 33.9 Å². The zero-order valence-corrected chi connectivity index (χ0v) is 12.9. The van der Waals surface area contributed by atoms with Gasteiger partial charge in [0.05, 0.1) is 6.54 Å². The Bertz CT molecular complexity index is 616. The van der Waals surface area contributed by atoms with Gasteiger partial charge in [-0.2, -0.15) is 0 Å². The molecule has 0 aliphatic rings. The molecule has 2 rings (SSSR count). The van der Waals surface area contributed by atoms with Gasteiger partial charge in [0, 0.05) is 36.2 Å². The molecule has 0 saturated heterocycles. The first-order valence-electron chi connectivity index (χ1n) is 7.42. The van der Waals surface area contributed by atoms with Crippen LogP contribution in [0, 0.1) is 6.92 Å². The second-order valence-electron chi connectivity index (χ2n) is 5.03. The molecular weight excluding hydrogens is 262 g/mol. The van der Waals surface area contributed by atoms with Gasteiger partial charge in [0.1, 0.15) is 0 Å². The number of benzene rings is 1. The molecule has 0 radical (unpaired) electrons. The molecule has 1 amide bonds. The van der Waals surface area contributed by atoms with Crippen LogP contribution in [0.25, 0.3) is 0 Å². The number of aromatic nitrogens is 1. The van der Waals surface area contributed by atoms with Crippen LogP contribution in [0.15, 0.2) is 36.5 Å². The van der Waals surface area contributed by atoms with Gasteiger partial charge in [-0.3, -0.25) is 4.79 Å². The molecule has 1 aromatic heterocycles. The number of amides is 1. The van der Waals surface area contributed by atoms with Gasteiger partial charge in [0.2, 0.25) is 0 Å². The first kappa shape index (κ1) is 15.2. The van der Waals surface area contributed by atoms with Crippen molar-refractivity contribution in [3.05, 3.63) is 53.3 Å². The fourth-order valence-corrected chi connectivity index (χ4v) is 2.32. The molecule has 4 heteroatoms. The van der Waals surface area contributed by atoms with Crippen LogP contribution in [0.3, 0.4) is 0 Å². The lowest BCUT2D eigenvalue weighted by atomic mass is 10.1. The van der Waals surface area contributed by atoms with Crippen LogP contribution in [0.4, 0.5) is 5.69 Å². The minimum atomic E-state index is -0.0301. The molecule has 0 fully saturated rings. The molecule has 2 aromatic rings. The maximum atomic E-state index is 11.9. The molecule has 0 unspecified atom stereocenters. The Labute approximate surface area is 126 Å². The molecular formula is C17H23N3O. The van der Waals surface area contributed by atoms with Gasteiger partial charge in [-0.15, -0.1) is 0 Å². The van der Waals surface area contributed by atoms with E-state index in [4.69, 9.17) is 0 Å². The van der Waals surface area contributed by atoms with E-state index < -0.39 is 0 Å². The van der Waals surface area contributed by atoms with E-state index in [0.29, 0.717) is 12.1 Å². The normalized spacial score (nSPS) is 10.4. The summed E-state index contributed by atoms with van der Waals surface area (Å²) < 4.78 is 2.20. The second kappa shape index (κ2) is 6.97. The van der Waals surface area contributed by atoms with Crippen LogP contribution in [0.2, 0.25) is 0 Å². The fraction of sp³-hybridized carbons (Fsp3) is 0.353. The highest BCUT2D eigenvalue weighted by atomic mass is 16.1. The Morgan fingerprint density at radius 2 is 2.05 bits per heavy atom. The summed E-state index contributed by atoms with van der Waals surface area (Å²) in [6.45, 7) is 8.44. The van der Waals surface area contributed by atoms with E-state index in [1.165, 1.54) is 5.69 Å². The first-order valence-corrected chi connectivity index (χ1v) is 7.42. The van der Waals surface area contributed by atoms with Gasteiger partial charge in [-0.05, 0) is 50.6 Å². The summed E-state index contributed by atoms with van der Waals surface area (Å²) >= 11 is 0. The van der Waals surface area contributed by atoms with Crippen molar-refractivity contribution in [1.29, 1.82) is 0 Å². The number of carbonyl (C=O) groups is 1. The zero-order valence-electron chi connectivity index (χ0n) is 12.9. The maximum Gasteiger partial charge on any atom is 0.251 e. The number of rotatable bonds is 6. The quantitative estimate of drug-likeness (QED) is 0.856. The van der Waals surface area contributed by atoms with Gasteiger partial charge in [-0.25, -0.2) is 0 Å². The van der Waals surface area contributed by atoms with Crippen molar-refractivity contribution in [3.63, 3.8) is 0 Å². The van der Waals surface area contributed by atoms with E-state index in [-0.39, 0.29) is 5.91 Å². The first-order chi connectivity index (χ1) is 10.2. The van der Waals surface area contributed by atoms with E-state index in [1.54, 1.807) is 0 Å². The summed E-state index contributed by atoms with van der Waals surface area (Å²) in [5.41, 5.74) is 4.07. The van der Waals surface area contributed by atoms with Gasteiger partial charge >= 0.3 is 0 Å². The van der Waals surface area contributed by atoms with E-state index in [0.717, 1.165) is 24.3 Å². The molecule has 21 heavy (non-hydrogen) atoms. The smallest absolute Gasteiger partial charge is 0.251 e. The average Bonchev–Trinajstić information content (AvgIpc) is 2.94. The van der Waals surface area contributed by atoms with Gasteiger partial charge in [-0.1, -0.05) is 6.07 Å². The Kier molecular flexibility index (Phi) is 5.04. The SMILES string of the molecule is CCNC(=O)c1ccc(C)c(NCc2cccn2CC)c1. The topological polar surface area (TPSA) is 46.1 Å². The van der Waals surface area contributed by atoms with E-state index in [9.17, 15) is 4.79 Å². The minimum absolute atomic E-state index is 0.0301. The van der Waals surface area contributed by atoms with Crippen molar-refractivity contribution < 1.29 is 4.79 Å². The van der Waals surface area contributed by atoms with Crippen molar-refractivity contribution >= 4 is 11.6 Å². The molecule has 4 nitrogen and oxygen atoms in total. The molecule has 0 bridgehead atoms. The third-order valence-corrected chi connectivity index (χ3v) is 3.56. The van der Waals surface area contributed by atoms with Crippen LogP contribution in [0.5, 0.6) is 0 Å². The molecule has 0 spiro atoms. The summed E-state index contributed by atoms with van der Waals surface area (Å²) in [5, 5.41) is 6.25. The molecule has 0 aliphatic heterocycles. The largest absolute Gasteiger partial charge is 0.379 e. The van der Waals surface area contributed by atoms with Crippen molar-refractivity contribution in [3.8, 4) is 0 Å². The molecule has 0 atom stereocenters. The summed E-state index contributed by atoms with van der Waals surface area (Å²) in [5.74, 6) is -0.0301.